The van der Waals surface area contributed by atoms with Gasteiger partial charge in [-0.15, -0.1) is 0 Å². The lowest BCUT2D eigenvalue weighted by Crippen LogP contribution is -2.16. The minimum absolute atomic E-state index is 0.0574. The van der Waals surface area contributed by atoms with Gasteiger partial charge in [-0.1, -0.05) is 12.8 Å². The minimum Gasteiger partial charge on any atom is -0.506 e. The Balaban J connectivity index is 2.39. The second-order valence-corrected chi connectivity index (χ2v) is 5.30. The lowest BCUT2D eigenvalue weighted by Gasteiger charge is -2.16. The number of hydrogen-bond donors (Lipinski definition) is 3. The number of carboxylic acid groups (broad SMARTS) is 1. The van der Waals surface area contributed by atoms with Crippen LogP contribution in [-0.2, 0) is 0 Å². The van der Waals surface area contributed by atoms with Gasteiger partial charge in [0.2, 0.25) is 0 Å². The zero-order valence-corrected chi connectivity index (χ0v) is 10.8. The molecule has 1 fully saturated rings. The highest BCUT2D eigenvalue weighted by atomic mass is 79.9. The van der Waals surface area contributed by atoms with Gasteiger partial charge in [0.1, 0.15) is 5.75 Å². The molecule has 5 heteroatoms. The van der Waals surface area contributed by atoms with Gasteiger partial charge in [-0.05, 0) is 40.4 Å². The molecule has 1 aliphatic carbocycles. The van der Waals surface area contributed by atoms with Crippen LogP contribution < -0.4 is 5.73 Å². The van der Waals surface area contributed by atoms with E-state index in [2.05, 4.69) is 15.9 Å². The molecule has 17 heavy (non-hydrogen) atoms. The van der Waals surface area contributed by atoms with Gasteiger partial charge < -0.3 is 15.9 Å². The molecule has 1 saturated carbocycles. The molecule has 0 saturated heterocycles. The number of phenolic OH excluding ortho intramolecular Hbond substituents is 1. The maximum Gasteiger partial charge on any atom is 0.336 e. The largest absolute Gasteiger partial charge is 0.506 e. The van der Waals surface area contributed by atoms with E-state index in [1.807, 2.05) is 0 Å². The molecule has 2 rings (SSSR count). The highest BCUT2D eigenvalue weighted by Crippen LogP contribution is 2.41. The molecule has 0 amide bonds. The number of rotatable bonds is 4. The molecule has 1 aliphatic rings. The van der Waals surface area contributed by atoms with E-state index in [1.165, 1.54) is 12.1 Å². The fourth-order valence-electron chi connectivity index (χ4n) is 1.97. The fraction of sp³-hybridized carbons (Fsp3) is 0.417. The van der Waals surface area contributed by atoms with Crippen LogP contribution in [0.15, 0.2) is 16.6 Å². The van der Waals surface area contributed by atoms with E-state index in [-0.39, 0.29) is 11.3 Å². The number of aromatic carboxylic acids is 1. The van der Waals surface area contributed by atoms with E-state index >= 15 is 0 Å². The number of carboxylic acids is 1. The van der Waals surface area contributed by atoms with E-state index in [0.29, 0.717) is 16.0 Å². The third-order valence-corrected chi connectivity index (χ3v) is 3.69. The molecule has 92 valence electrons. The predicted octanol–water partition coefficient (Wildman–Crippen LogP) is 2.65. The monoisotopic (exact) mass is 299 g/mol. The summed E-state index contributed by atoms with van der Waals surface area (Å²) in [5, 5.41) is 19.0. The molecule has 0 heterocycles. The van der Waals surface area contributed by atoms with Crippen molar-refractivity contribution in [3.05, 3.63) is 27.7 Å². The maximum absolute atomic E-state index is 11.1. The van der Waals surface area contributed by atoms with Gasteiger partial charge in [-0.25, -0.2) is 4.79 Å². The van der Waals surface area contributed by atoms with Crippen molar-refractivity contribution in [1.29, 1.82) is 0 Å². The first-order valence-corrected chi connectivity index (χ1v) is 6.30. The smallest absolute Gasteiger partial charge is 0.336 e. The van der Waals surface area contributed by atoms with E-state index in [0.717, 1.165) is 19.3 Å². The molecular formula is C12H14BrNO3. The average molecular weight is 300 g/mol. The van der Waals surface area contributed by atoms with Crippen LogP contribution in [0.4, 0.5) is 0 Å². The zero-order valence-electron chi connectivity index (χ0n) is 9.19. The molecule has 0 aromatic heterocycles. The van der Waals surface area contributed by atoms with Gasteiger partial charge in [0.05, 0.1) is 10.0 Å². The summed E-state index contributed by atoms with van der Waals surface area (Å²) in [5.41, 5.74) is 6.41. The van der Waals surface area contributed by atoms with Gasteiger partial charge in [-0.3, -0.25) is 0 Å². The quantitative estimate of drug-likeness (QED) is 0.798. The van der Waals surface area contributed by atoms with Crippen molar-refractivity contribution in [2.45, 2.75) is 25.3 Å². The van der Waals surface area contributed by atoms with Crippen LogP contribution in [-0.4, -0.2) is 16.2 Å². The maximum atomic E-state index is 11.1. The molecule has 0 aliphatic heterocycles. The van der Waals surface area contributed by atoms with Gasteiger partial charge in [0.25, 0.3) is 0 Å². The van der Waals surface area contributed by atoms with Crippen molar-refractivity contribution in [3.8, 4) is 5.75 Å². The standard InChI is InChI=1S/C12H14BrNO3/c13-8-4-3-7(12(16)17)10(11(8)15)9(14)5-6-1-2-6/h3-4,6,9,15H,1-2,5,14H2,(H,16,17)/t9-/m1/s1. The van der Waals surface area contributed by atoms with Crippen LogP contribution in [0.25, 0.3) is 0 Å². The SMILES string of the molecule is N[C@H](CC1CC1)c1c(C(=O)O)ccc(Br)c1O. The molecule has 0 radical (unpaired) electrons. The Morgan fingerprint density at radius 3 is 2.71 bits per heavy atom. The number of aromatic hydroxyl groups is 1. The molecule has 4 N–H and O–H groups in total. The Morgan fingerprint density at radius 2 is 2.18 bits per heavy atom. The van der Waals surface area contributed by atoms with Crippen molar-refractivity contribution >= 4 is 21.9 Å². The summed E-state index contributed by atoms with van der Waals surface area (Å²) in [6.07, 6.45) is 3.01. The lowest BCUT2D eigenvalue weighted by molar-refractivity contribution is 0.0694. The fourth-order valence-corrected chi connectivity index (χ4v) is 2.32. The minimum atomic E-state index is -1.06. The van der Waals surface area contributed by atoms with Crippen molar-refractivity contribution < 1.29 is 15.0 Å². The van der Waals surface area contributed by atoms with Crippen LogP contribution in [0, 0.1) is 5.92 Å². The summed E-state index contributed by atoms with van der Waals surface area (Å²) < 4.78 is 0.476. The Bertz CT molecular complexity index is 457. The van der Waals surface area contributed by atoms with E-state index in [1.54, 1.807) is 0 Å². The van der Waals surface area contributed by atoms with E-state index in [4.69, 9.17) is 10.8 Å². The van der Waals surface area contributed by atoms with Crippen molar-refractivity contribution in [2.75, 3.05) is 0 Å². The van der Waals surface area contributed by atoms with E-state index in [9.17, 15) is 9.90 Å². The summed E-state index contributed by atoms with van der Waals surface area (Å²) in [7, 11) is 0. The molecule has 0 bridgehead atoms. The second-order valence-electron chi connectivity index (χ2n) is 4.45. The highest BCUT2D eigenvalue weighted by molar-refractivity contribution is 9.10. The van der Waals surface area contributed by atoms with Crippen LogP contribution in [0.1, 0.15) is 41.2 Å². The Morgan fingerprint density at radius 1 is 1.53 bits per heavy atom. The first kappa shape index (κ1) is 12.4. The molecule has 1 atom stereocenters. The molecule has 1 aromatic carbocycles. The number of nitrogens with two attached hydrogens (primary N) is 1. The van der Waals surface area contributed by atoms with Crippen LogP contribution in [0.3, 0.4) is 0 Å². The van der Waals surface area contributed by atoms with Crippen molar-refractivity contribution in [3.63, 3.8) is 0 Å². The lowest BCUT2D eigenvalue weighted by atomic mass is 9.96. The number of halogens is 1. The highest BCUT2D eigenvalue weighted by Gasteiger charge is 2.28. The Hall–Kier alpha value is -1.07. The summed E-state index contributed by atoms with van der Waals surface area (Å²) in [4.78, 5) is 11.1. The summed E-state index contributed by atoms with van der Waals surface area (Å²) in [6.45, 7) is 0. The predicted molar refractivity (Wildman–Crippen MR) is 67.0 cm³/mol. The van der Waals surface area contributed by atoms with Crippen LogP contribution in [0.2, 0.25) is 0 Å². The van der Waals surface area contributed by atoms with Crippen LogP contribution in [0.5, 0.6) is 5.75 Å². The molecule has 0 unspecified atom stereocenters. The summed E-state index contributed by atoms with van der Waals surface area (Å²) in [6, 6.07) is 2.56. The van der Waals surface area contributed by atoms with Gasteiger partial charge in [0, 0.05) is 11.6 Å². The third-order valence-electron chi connectivity index (χ3n) is 3.05. The summed E-state index contributed by atoms with van der Waals surface area (Å²) >= 11 is 3.18. The topological polar surface area (TPSA) is 83.6 Å². The molecule has 4 nitrogen and oxygen atoms in total. The van der Waals surface area contributed by atoms with E-state index < -0.39 is 12.0 Å². The number of carbonyl (C=O) groups is 1. The van der Waals surface area contributed by atoms with Crippen LogP contribution >= 0.6 is 15.9 Å². The zero-order chi connectivity index (χ0) is 12.6. The van der Waals surface area contributed by atoms with Crippen molar-refractivity contribution in [1.82, 2.24) is 0 Å². The molecular weight excluding hydrogens is 286 g/mol. The normalized spacial score (nSPS) is 16.8. The average Bonchev–Trinajstić information content (AvgIpc) is 3.05. The first-order valence-electron chi connectivity index (χ1n) is 5.51. The third kappa shape index (κ3) is 2.61. The number of phenols is 1. The molecule has 1 aromatic rings. The Kier molecular flexibility index (Phi) is 3.40. The van der Waals surface area contributed by atoms with Gasteiger partial charge in [-0.2, -0.15) is 0 Å². The van der Waals surface area contributed by atoms with Gasteiger partial charge >= 0.3 is 5.97 Å². The number of hydrogen-bond acceptors (Lipinski definition) is 3. The van der Waals surface area contributed by atoms with Crippen molar-refractivity contribution in [2.24, 2.45) is 11.7 Å². The Labute approximate surface area is 108 Å². The number of benzene rings is 1. The molecule has 0 spiro atoms. The summed E-state index contributed by atoms with van der Waals surface area (Å²) in [5.74, 6) is -0.544. The van der Waals surface area contributed by atoms with Gasteiger partial charge in [0.15, 0.2) is 0 Å². The first-order chi connectivity index (χ1) is 8.00. The second kappa shape index (κ2) is 4.66.